The quantitative estimate of drug-likeness (QED) is 0.842. The van der Waals surface area contributed by atoms with Gasteiger partial charge < -0.3 is 5.32 Å². The minimum Gasteiger partial charge on any atom is -0.344 e. The van der Waals surface area contributed by atoms with Crippen LogP contribution in [-0.4, -0.2) is 10.7 Å². The lowest BCUT2D eigenvalue weighted by molar-refractivity contribution is 0.0938. The fourth-order valence-corrected chi connectivity index (χ4v) is 3.73. The minimum atomic E-state index is 0.00223. The van der Waals surface area contributed by atoms with Crippen molar-refractivity contribution in [2.75, 3.05) is 0 Å². The number of halogens is 1. The zero-order chi connectivity index (χ0) is 12.5. The maximum atomic E-state index is 12.1. The molecule has 1 N–H and O–H groups in total. The molecule has 2 aromatic rings. The van der Waals surface area contributed by atoms with E-state index in [4.69, 9.17) is 0 Å². The summed E-state index contributed by atoms with van der Waals surface area (Å²) in [5.41, 5.74) is 3.28. The van der Waals surface area contributed by atoms with Crippen LogP contribution in [0.3, 0.4) is 0 Å². The molecule has 1 aromatic heterocycles. The van der Waals surface area contributed by atoms with Crippen molar-refractivity contribution >= 4 is 33.2 Å². The highest BCUT2D eigenvalue weighted by Crippen LogP contribution is 2.35. The van der Waals surface area contributed by atoms with Crippen molar-refractivity contribution in [2.45, 2.75) is 17.3 Å². The van der Waals surface area contributed by atoms with Gasteiger partial charge >= 0.3 is 0 Å². The van der Waals surface area contributed by atoms with E-state index in [-0.39, 0.29) is 16.8 Å². The predicted molar refractivity (Wildman–Crippen MR) is 77.4 cm³/mol. The largest absolute Gasteiger partial charge is 0.344 e. The number of carbonyl (C=O) groups is 1. The van der Waals surface area contributed by atoms with E-state index >= 15 is 0 Å². The van der Waals surface area contributed by atoms with E-state index in [1.54, 1.807) is 0 Å². The van der Waals surface area contributed by atoms with Crippen molar-refractivity contribution in [3.05, 3.63) is 57.8 Å². The van der Waals surface area contributed by atoms with Crippen molar-refractivity contribution in [2.24, 2.45) is 0 Å². The van der Waals surface area contributed by atoms with Gasteiger partial charge in [0.15, 0.2) is 0 Å². The highest BCUT2D eigenvalue weighted by Gasteiger charge is 2.31. The molecule has 1 aliphatic carbocycles. The number of hydrogen-bond donors (Lipinski definition) is 1. The summed E-state index contributed by atoms with van der Waals surface area (Å²) in [6, 6.07) is 10.2. The molecule has 0 fully saturated rings. The first-order valence-corrected chi connectivity index (χ1v) is 7.66. The van der Waals surface area contributed by atoms with Crippen molar-refractivity contribution < 1.29 is 4.79 Å². The number of alkyl halides is 1. The Balaban J connectivity index is 1.83. The molecule has 4 heteroatoms. The predicted octanol–water partition coefficient (Wildman–Crippen LogP) is 3.54. The van der Waals surface area contributed by atoms with Gasteiger partial charge in [-0.1, -0.05) is 40.2 Å². The molecule has 2 nitrogen and oxygen atoms in total. The van der Waals surface area contributed by atoms with Crippen LogP contribution in [0, 0.1) is 0 Å². The Bertz CT molecular complexity index is 567. The zero-order valence-electron chi connectivity index (χ0n) is 9.60. The molecule has 2 atom stereocenters. The van der Waals surface area contributed by atoms with Crippen LogP contribution < -0.4 is 5.32 Å². The van der Waals surface area contributed by atoms with Gasteiger partial charge in [0.05, 0.1) is 11.6 Å². The van der Waals surface area contributed by atoms with Crippen molar-refractivity contribution in [3.63, 3.8) is 0 Å². The van der Waals surface area contributed by atoms with Gasteiger partial charge in [0, 0.05) is 10.2 Å². The highest BCUT2D eigenvalue weighted by molar-refractivity contribution is 9.09. The molecule has 0 saturated heterocycles. The van der Waals surface area contributed by atoms with E-state index in [0.717, 1.165) is 12.0 Å². The Morgan fingerprint density at radius 2 is 2.17 bits per heavy atom. The summed E-state index contributed by atoms with van der Waals surface area (Å²) in [4.78, 5) is 12.4. The first kappa shape index (κ1) is 11.9. The molecule has 1 amide bonds. The number of fused-ring (bicyclic) bond motifs is 1. The molecule has 92 valence electrons. The minimum absolute atomic E-state index is 0.00223. The molecule has 0 aliphatic heterocycles. The molecule has 1 aromatic carbocycles. The summed E-state index contributed by atoms with van der Waals surface area (Å²) in [6.07, 6.45) is 0.963. The van der Waals surface area contributed by atoms with Gasteiger partial charge in [-0.15, -0.1) is 0 Å². The Morgan fingerprint density at radius 3 is 2.94 bits per heavy atom. The van der Waals surface area contributed by atoms with Crippen molar-refractivity contribution in [1.82, 2.24) is 5.32 Å². The number of rotatable bonds is 2. The number of carbonyl (C=O) groups excluding carboxylic acids is 1. The van der Waals surface area contributed by atoms with Crippen LogP contribution in [0.4, 0.5) is 0 Å². The summed E-state index contributed by atoms with van der Waals surface area (Å²) in [5.74, 6) is 0.00223. The zero-order valence-corrected chi connectivity index (χ0v) is 12.0. The van der Waals surface area contributed by atoms with E-state index in [1.165, 1.54) is 22.5 Å². The van der Waals surface area contributed by atoms with Gasteiger partial charge in [0.2, 0.25) is 0 Å². The van der Waals surface area contributed by atoms with Crippen molar-refractivity contribution in [3.8, 4) is 0 Å². The van der Waals surface area contributed by atoms with Gasteiger partial charge in [-0.25, -0.2) is 0 Å². The van der Waals surface area contributed by atoms with Gasteiger partial charge in [-0.2, -0.15) is 11.3 Å². The Labute approximate surface area is 118 Å². The smallest absolute Gasteiger partial charge is 0.252 e. The van der Waals surface area contributed by atoms with Crippen LogP contribution >= 0.6 is 27.3 Å². The molecule has 0 bridgehead atoms. The number of benzene rings is 1. The van der Waals surface area contributed by atoms with E-state index in [1.807, 2.05) is 29.0 Å². The Hall–Kier alpha value is -1.13. The summed E-state index contributed by atoms with van der Waals surface area (Å²) < 4.78 is 0. The molecule has 0 spiro atoms. The summed E-state index contributed by atoms with van der Waals surface area (Å²) >= 11 is 5.20. The molecule has 0 radical (unpaired) electrons. The van der Waals surface area contributed by atoms with Crippen LogP contribution in [0.2, 0.25) is 0 Å². The molecular weight excluding hydrogens is 310 g/mol. The molecule has 3 rings (SSSR count). The third-order valence-electron chi connectivity index (χ3n) is 3.24. The summed E-state index contributed by atoms with van der Waals surface area (Å²) in [7, 11) is 0. The molecule has 1 aliphatic rings. The molecule has 18 heavy (non-hydrogen) atoms. The van der Waals surface area contributed by atoms with Crippen LogP contribution in [0.5, 0.6) is 0 Å². The number of hydrogen-bond acceptors (Lipinski definition) is 2. The highest BCUT2D eigenvalue weighted by atomic mass is 79.9. The van der Waals surface area contributed by atoms with Gasteiger partial charge in [-0.3, -0.25) is 4.79 Å². The third kappa shape index (κ3) is 2.10. The topological polar surface area (TPSA) is 29.1 Å². The summed E-state index contributed by atoms with van der Waals surface area (Å²) in [6.45, 7) is 0. The van der Waals surface area contributed by atoms with Crippen molar-refractivity contribution in [1.29, 1.82) is 0 Å². The first-order valence-electron chi connectivity index (χ1n) is 5.80. The number of nitrogens with one attached hydrogen (secondary N) is 1. The molecular formula is C14H12BrNOS. The lowest BCUT2D eigenvalue weighted by Crippen LogP contribution is -2.31. The van der Waals surface area contributed by atoms with E-state index < -0.39 is 0 Å². The Morgan fingerprint density at radius 1 is 1.33 bits per heavy atom. The normalized spacial score (nSPS) is 21.6. The molecule has 2 unspecified atom stereocenters. The van der Waals surface area contributed by atoms with E-state index in [2.05, 4.69) is 33.4 Å². The monoisotopic (exact) mass is 321 g/mol. The molecule has 0 saturated carbocycles. The van der Waals surface area contributed by atoms with Gasteiger partial charge in [-0.05, 0) is 29.0 Å². The number of amides is 1. The Kier molecular flexibility index (Phi) is 3.22. The van der Waals surface area contributed by atoms with Crippen LogP contribution in [0.25, 0.3) is 0 Å². The fraction of sp³-hybridized carbons (Fsp3) is 0.214. The maximum absolute atomic E-state index is 12.1. The number of thiophene rings is 1. The average Bonchev–Trinajstić information content (AvgIpc) is 2.98. The third-order valence-corrected chi connectivity index (χ3v) is 4.77. The molecule has 1 heterocycles. The van der Waals surface area contributed by atoms with Crippen LogP contribution in [0.15, 0.2) is 41.1 Å². The SMILES string of the molecule is O=C(NC1c2ccccc2CC1Br)c1ccsc1. The first-order chi connectivity index (χ1) is 8.75. The van der Waals surface area contributed by atoms with Crippen LogP contribution in [-0.2, 0) is 6.42 Å². The van der Waals surface area contributed by atoms with Crippen LogP contribution in [0.1, 0.15) is 27.5 Å². The average molecular weight is 322 g/mol. The lowest BCUT2D eigenvalue weighted by atomic mass is 10.1. The van der Waals surface area contributed by atoms with E-state index in [0.29, 0.717) is 0 Å². The maximum Gasteiger partial charge on any atom is 0.252 e. The second-order valence-corrected chi connectivity index (χ2v) is 6.34. The summed E-state index contributed by atoms with van der Waals surface area (Å²) in [5, 5.41) is 6.90. The second kappa shape index (κ2) is 4.86. The standard InChI is InChI=1S/C14H12BrNOS/c15-12-7-9-3-1-2-4-11(9)13(12)16-14(17)10-5-6-18-8-10/h1-6,8,12-13H,7H2,(H,16,17). The fourth-order valence-electron chi connectivity index (χ4n) is 2.33. The van der Waals surface area contributed by atoms with E-state index in [9.17, 15) is 4.79 Å². The lowest BCUT2D eigenvalue weighted by Gasteiger charge is -2.17. The van der Waals surface area contributed by atoms with Gasteiger partial charge in [0.1, 0.15) is 0 Å². The van der Waals surface area contributed by atoms with Gasteiger partial charge in [0.25, 0.3) is 5.91 Å². The second-order valence-electron chi connectivity index (χ2n) is 4.38.